The van der Waals surface area contributed by atoms with E-state index >= 15 is 0 Å². The van der Waals surface area contributed by atoms with Crippen LogP contribution in [-0.4, -0.2) is 41.8 Å². The van der Waals surface area contributed by atoms with E-state index in [1.807, 2.05) is 44.2 Å². The first-order valence-corrected chi connectivity index (χ1v) is 12.1. The lowest BCUT2D eigenvalue weighted by Gasteiger charge is -2.31. The number of ether oxygens (including phenoxy) is 2. The molecule has 0 saturated carbocycles. The van der Waals surface area contributed by atoms with Crippen LogP contribution in [0.4, 0.5) is 9.18 Å². The van der Waals surface area contributed by atoms with Crippen LogP contribution in [0.15, 0.2) is 60.7 Å². The molecule has 1 atom stereocenters. The van der Waals surface area contributed by atoms with Crippen molar-refractivity contribution in [1.29, 1.82) is 0 Å². The topological polar surface area (TPSA) is 76.1 Å². The summed E-state index contributed by atoms with van der Waals surface area (Å²) in [5, 5.41) is 9.25. The molecular weight excluding hydrogens is 461 g/mol. The number of carboxylic acids is 1. The SMILES string of the molecule is CCOc1ccc(CC(=O)O)cc1-c1ccc(F)c2c1CN(C(=O)OC[C@H](C)c1ccccc1)CC2. The van der Waals surface area contributed by atoms with Crippen molar-refractivity contribution in [3.8, 4) is 16.9 Å². The molecule has 7 heteroatoms. The number of fused-ring (bicyclic) bond motifs is 1. The van der Waals surface area contributed by atoms with Gasteiger partial charge in [-0.1, -0.05) is 49.4 Å². The van der Waals surface area contributed by atoms with Crippen LogP contribution in [0.1, 0.15) is 42.0 Å². The van der Waals surface area contributed by atoms with E-state index in [0.29, 0.717) is 47.6 Å². The Kier molecular flexibility index (Phi) is 7.88. The summed E-state index contributed by atoms with van der Waals surface area (Å²) in [6, 6.07) is 18.2. The van der Waals surface area contributed by atoms with Crippen molar-refractivity contribution in [3.05, 3.63) is 88.7 Å². The lowest BCUT2D eigenvalue weighted by atomic mass is 9.89. The van der Waals surface area contributed by atoms with Gasteiger partial charge in [0.05, 0.1) is 19.6 Å². The van der Waals surface area contributed by atoms with E-state index in [9.17, 15) is 19.1 Å². The highest BCUT2D eigenvalue weighted by molar-refractivity contribution is 5.78. The average molecular weight is 492 g/mol. The van der Waals surface area contributed by atoms with Gasteiger partial charge >= 0.3 is 12.1 Å². The number of benzene rings is 3. The zero-order chi connectivity index (χ0) is 25.7. The molecule has 3 aromatic carbocycles. The summed E-state index contributed by atoms with van der Waals surface area (Å²) < 4.78 is 26.2. The van der Waals surface area contributed by atoms with E-state index in [1.54, 1.807) is 29.2 Å². The Hall–Kier alpha value is -3.87. The number of aliphatic carboxylic acids is 1. The number of amides is 1. The van der Waals surface area contributed by atoms with E-state index in [2.05, 4.69) is 0 Å². The molecule has 1 aliphatic heterocycles. The van der Waals surface area contributed by atoms with Gasteiger partial charge in [-0.3, -0.25) is 4.79 Å². The largest absolute Gasteiger partial charge is 0.493 e. The quantitative estimate of drug-likeness (QED) is 0.430. The van der Waals surface area contributed by atoms with Crippen LogP contribution in [0, 0.1) is 5.82 Å². The van der Waals surface area contributed by atoms with Gasteiger partial charge in [0, 0.05) is 24.6 Å². The van der Waals surface area contributed by atoms with Gasteiger partial charge in [0.25, 0.3) is 0 Å². The molecule has 0 radical (unpaired) electrons. The van der Waals surface area contributed by atoms with Crippen LogP contribution in [0.5, 0.6) is 5.75 Å². The molecular formula is C29H30FNO5. The van der Waals surface area contributed by atoms with Gasteiger partial charge in [0.2, 0.25) is 0 Å². The third-order valence-electron chi connectivity index (χ3n) is 6.43. The van der Waals surface area contributed by atoms with Gasteiger partial charge in [-0.25, -0.2) is 9.18 Å². The Morgan fingerprint density at radius 1 is 1.06 bits per heavy atom. The first-order valence-electron chi connectivity index (χ1n) is 12.1. The maximum atomic E-state index is 14.8. The fourth-order valence-electron chi connectivity index (χ4n) is 4.56. The molecule has 1 N–H and O–H groups in total. The highest BCUT2D eigenvalue weighted by Crippen LogP contribution is 2.38. The molecule has 0 aromatic heterocycles. The molecule has 0 aliphatic carbocycles. The molecule has 1 aliphatic rings. The van der Waals surface area contributed by atoms with Crippen molar-refractivity contribution < 1.29 is 28.6 Å². The van der Waals surface area contributed by atoms with Gasteiger partial charge < -0.3 is 19.5 Å². The van der Waals surface area contributed by atoms with Crippen molar-refractivity contribution in [2.24, 2.45) is 0 Å². The second-order valence-electron chi connectivity index (χ2n) is 8.95. The van der Waals surface area contributed by atoms with Crippen LogP contribution in [0.3, 0.4) is 0 Å². The van der Waals surface area contributed by atoms with E-state index in [0.717, 1.165) is 11.1 Å². The second-order valence-corrected chi connectivity index (χ2v) is 8.95. The molecule has 188 valence electrons. The summed E-state index contributed by atoms with van der Waals surface area (Å²) in [7, 11) is 0. The van der Waals surface area contributed by atoms with E-state index < -0.39 is 12.1 Å². The third-order valence-corrected chi connectivity index (χ3v) is 6.43. The van der Waals surface area contributed by atoms with Gasteiger partial charge in [-0.05, 0) is 59.4 Å². The molecule has 36 heavy (non-hydrogen) atoms. The predicted octanol–water partition coefficient (Wildman–Crippen LogP) is 5.82. The van der Waals surface area contributed by atoms with Crippen molar-refractivity contribution in [2.75, 3.05) is 19.8 Å². The fourth-order valence-corrected chi connectivity index (χ4v) is 4.56. The van der Waals surface area contributed by atoms with Gasteiger partial charge in [0.1, 0.15) is 11.6 Å². The normalized spacial score (nSPS) is 13.6. The van der Waals surface area contributed by atoms with Crippen molar-refractivity contribution >= 4 is 12.1 Å². The zero-order valence-corrected chi connectivity index (χ0v) is 20.5. The maximum absolute atomic E-state index is 14.8. The minimum Gasteiger partial charge on any atom is -0.493 e. The highest BCUT2D eigenvalue weighted by Gasteiger charge is 2.28. The molecule has 0 unspecified atom stereocenters. The molecule has 1 heterocycles. The second kappa shape index (κ2) is 11.2. The van der Waals surface area contributed by atoms with Gasteiger partial charge in [-0.15, -0.1) is 0 Å². The maximum Gasteiger partial charge on any atom is 0.410 e. The monoisotopic (exact) mass is 491 g/mol. The minimum absolute atomic E-state index is 0.0472. The van der Waals surface area contributed by atoms with E-state index in [4.69, 9.17) is 9.47 Å². The molecule has 3 aromatic rings. The van der Waals surface area contributed by atoms with Crippen LogP contribution in [0.25, 0.3) is 11.1 Å². The molecule has 1 amide bonds. The Bertz CT molecular complexity index is 1240. The van der Waals surface area contributed by atoms with Crippen LogP contribution in [0.2, 0.25) is 0 Å². The van der Waals surface area contributed by atoms with Crippen LogP contribution in [-0.2, 0) is 28.9 Å². The summed E-state index contributed by atoms with van der Waals surface area (Å²) in [6.45, 7) is 5.07. The Morgan fingerprint density at radius 3 is 2.56 bits per heavy atom. The summed E-state index contributed by atoms with van der Waals surface area (Å²) >= 11 is 0. The first kappa shape index (κ1) is 25.2. The van der Waals surface area contributed by atoms with Crippen LogP contribution >= 0.6 is 0 Å². The van der Waals surface area contributed by atoms with Crippen molar-refractivity contribution in [2.45, 2.75) is 39.2 Å². The minimum atomic E-state index is -0.940. The fraction of sp³-hybridized carbons (Fsp3) is 0.310. The Balaban J connectivity index is 1.60. The number of halogens is 1. The van der Waals surface area contributed by atoms with E-state index in [-0.39, 0.29) is 31.3 Å². The van der Waals surface area contributed by atoms with Gasteiger partial charge in [-0.2, -0.15) is 0 Å². The number of rotatable bonds is 8. The zero-order valence-electron chi connectivity index (χ0n) is 20.5. The molecule has 4 rings (SSSR count). The first-order chi connectivity index (χ1) is 17.4. The number of carbonyl (C=O) groups excluding carboxylic acids is 1. The van der Waals surface area contributed by atoms with Crippen molar-refractivity contribution in [1.82, 2.24) is 4.90 Å². The molecule has 0 spiro atoms. The van der Waals surface area contributed by atoms with E-state index in [1.165, 1.54) is 6.07 Å². The average Bonchev–Trinajstić information content (AvgIpc) is 2.88. The summed E-state index contributed by atoms with van der Waals surface area (Å²) in [4.78, 5) is 25.8. The lowest BCUT2D eigenvalue weighted by molar-refractivity contribution is -0.136. The summed E-state index contributed by atoms with van der Waals surface area (Å²) in [6.07, 6.45) is -0.221. The number of carboxylic acid groups (broad SMARTS) is 1. The Labute approximate surface area is 210 Å². The molecule has 0 fully saturated rings. The smallest absolute Gasteiger partial charge is 0.410 e. The third kappa shape index (κ3) is 5.67. The number of hydrogen-bond acceptors (Lipinski definition) is 4. The molecule has 0 saturated heterocycles. The highest BCUT2D eigenvalue weighted by atomic mass is 19.1. The Morgan fingerprint density at radius 2 is 1.83 bits per heavy atom. The number of hydrogen-bond donors (Lipinski definition) is 1. The van der Waals surface area contributed by atoms with Crippen molar-refractivity contribution in [3.63, 3.8) is 0 Å². The lowest BCUT2D eigenvalue weighted by Crippen LogP contribution is -2.37. The van der Waals surface area contributed by atoms with Crippen LogP contribution < -0.4 is 4.74 Å². The summed E-state index contributed by atoms with van der Waals surface area (Å²) in [5.41, 5.74) is 4.34. The number of nitrogens with zero attached hydrogens (tertiary/aromatic N) is 1. The number of carbonyl (C=O) groups is 2. The molecule has 0 bridgehead atoms. The standard InChI is InChI=1S/C29H30FNO5/c1-3-35-27-12-9-20(16-28(32)33)15-24(27)22-10-11-26(30)23-13-14-31(17-25(22)23)29(34)36-18-19(2)21-7-5-4-6-8-21/h4-12,15,19H,3,13-14,16-18H2,1-2H3,(H,32,33)/t19-/m0/s1. The molecule has 6 nitrogen and oxygen atoms in total. The summed E-state index contributed by atoms with van der Waals surface area (Å²) in [5.74, 6) is -0.633. The van der Waals surface area contributed by atoms with Gasteiger partial charge in [0.15, 0.2) is 0 Å². The predicted molar refractivity (Wildman–Crippen MR) is 135 cm³/mol.